The molecule has 204 valence electrons. The van der Waals surface area contributed by atoms with Crippen molar-refractivity contribution in [3.63, 3.8) is 0 Å². The second kappa shape index (κ2) is 14.9. The van der Waals surface area contributed by atoms with E-state index in [9.17, 15) is 9.59 Å². The van der Waals surface area contributed by atoms with E-state index in [2.05, 4.69) is 39.9 Å². The summed E-state index contributed by atoms with van der Waals surface area (Å²) in [4.78, 5) is 26.3. The second-order valence-corrected chi connectivity index (χ2v) is 13.1. The van der Waals surface area contributed by atoms with Gasteiger partial charge in [-0.05, 0) is 40.5 Å². The van der Waals surface area contributed by atoms with Gasteiger partial charge in [0.15, 0.2) is 0 Å². The molecule has 2 saturated heterocycles. The zero-order valence-corrected chi connectivity index (χ0v) is 24.2. The number of carbonyl (C=O) groups is 2. The predicted molar refractivity (Wildman–Crippen MR) is 148 cm³/mol. The lowest BCUT2D eigenvalue weighted by atomic mass is 9.78. The highest BCUT2D eigenvalue weighted by atomic mass is 16.2. The van der Waals surface area contributed by atoms with Crippen LogP contribution in [0.25, 0.3) is 0 Å². The third-order valence-corrected chi connectivity index (χ3v) is 8.60. The van der Waals surface area contributed by atoms with Gasteiger partial charge < -0.3 is 5.32 Å². The maximum Gasteiger partial charge on any atom is 0.322 e. The molecule has 0 unspecified atom stereocenters. The molecule has 2 fully saturated rings. The Morgan fingerprint density at radius 1 is 0.629 bits per heavy atom. The Morgan fingerprint density at radius 3 is 1.34 bits per heavy atom. The van der Waals surface area contributed by atoms with E-state index in [1.807, 2.05) is 0 Å². The molecule has 0 bridgehead atoms. The van der Waals surface area contributed by atoms with E-state index in [0.717, 1.165) is 32.2 Å². The van der Waals surface area contributed by atoms with Crippen molar-refractivity contribution in [3.05, 3.63) is 0 Å². The highest BCUT2D eigenvalue weighted by Gasteiger charge is 2.58. The van der Waals surface area contributed by atoms with Crippen LogP contribution >= 0.6 is 0 Å². The number of hydrogen-bond acceptors (Lipinski definition) is 3. The van der Waals surface area contributed by atoms with Gasteiger partial charge in [-0.1, -0.05) is 96.8 Å². The van der Waals surface area contributed by atoms with Crippen LogP contribution in [0.4, 0.5) is 0 Å². The molecule has 0 atom stereocenters. The highest BCUT2D eigenvalue weighted by Crippen LogP contribution is 2.39. The van der Waals surface area contributed by atoms with Crippen LogP contribution in [0, 0.1) is 0 Å². The van der Waals surface area contributed by atoms with Gasteiger partial charge in [0.2, 0.25) is 0 Å². The number of likely N-dealkylation sites (tertiary alicyclic amines) is 1. The summed E-state index contributed by atoms with van der Waals surface area (Å²) < 4.78 is 0.146. The number of rotatable bonds is 18. The van der Waals surface area contributed by atoms with Gasteiger partial charge in [-0.15, -0.1) is 0 Å². The van der Waals surface area contributed by atoms with Crippen molar-refractivity contribution in [3.8, 4) is 0 Å². The predicted octanol–water partition coefficient (Wildman–Crippen LogP) is 8.22. The van der Waals surface area contributed by atoms with Crippen LogP contribution in [0.1, 0.15) is 163 Å². The summed E-state index contributed by atoms with van der Waals surface area (Å²) in [6.07, 6.45) is 24.2. The summed E-state index contributed by atoms with van der Waals surface area (Å²) in [5.74, 6) is 0.379. The van der Waals surface area contributed by atoms with Crippen LogP contribution in [-0.2, 0) is 9.59 Å². The standard InChI is InChI=1S/C31H59N2O2/c1-6-7-8-9-10-11-12-13-14-15-16-17-18-19-20-21-24-33(28(34)22-23-29(33)35)27-25-30(2,3)32-31(4,5)26-27/h27,32H,6-26H2,1-5H3/q+1. The number of nitrogens with one attached hydrogen (secondary N) is 1. The Bertz CT molecular complexity index is 608. The first-order valence-corrected chi connectivity index (χ1v) is 15.4. The minimum absolute atomic E-state index is 0.0462. The zero-order valence-electron chi connectivity index (χ0n) is 24.2. The largest absolute Gasteiger partial charge is 0.322 e. The molecule has 0 saturated carbocycles. The Morgan fingerprint density at radius 2 is 0.971 bits per heavy atom. The van der Waals surface area contributed by atoms with E-state index < -0.39 is 0 Å². The first-order valence-electron chi connectivity index (χ1n) is 15.4. The number of nitrogens with zero attached hydrogens (tertiary/aromatic N) is 1. The van der Waals surface area contributed by atoms with Crippen LogP contribution < -0.4 is 5.32 Å². The zero-order chi connectivity index (χ0) is 25.8. The molecule has 2 amide bonds. The smallest absolute Gasteiger partial charge is 0.306 e. The summed E-state index contributed by atoms with van der Waals surface area (Å²) >= 11 is 0. The third-order valence-electron chi connectivity index (χ3n) is 8.60. The van der Waals surface area contributed by atoms with Crippen LogP contribution in [0.15, 0.2) is 0 Å². The first-order chi connectivity index (χ1) is 16.6. The molecule has 35 heavy (non-hydrogen) atoms. The average Bonchev–Trinajstić information content (AvgIpc) is 3.06. The average molecular weight is 492 g/mol. The fourth-order valence-corrected chi connectivity index (χ4v) is 7.08. The van der Waals surface area contributed by atoms with Gasteiger partial charge in [0, 0.05) is 23.9 Å². The Balaban J connectivity index is 1.62. The van der Waals surface area contributed by atoms with E-state index in [1.165, 1.54) is 89.9 Å². The maximum absolute atomic E-state index is 13.2. The molecule has 2 rings (SSSR count). The summed E-state index contributed by atoms with van der Waals surface area (Å²) in [5.41, 5.74) is -0.0924. The Kier molecular flexibility index (Phi) is 12.9. The second-order valence-electron chi connectivity index (χ2n) is 13.1. The topological polar surface area (TPSA) is 46.2 Å². The van der Waals surface area contributed by atoms with Gasteiger partial charge in [0.1, 0.15) is 6.04 Å². The van der Waals surface area contributed by atoms with E-state index in [0.29, 0.717) is 12.8 Å². The van der Waals surface area contributed by atoms with Crippen LogP contribution in [-0.4, -0.2) is 40.0 Å². The minimum atomic E-state index is -0.0462. The Hall–Kier alpha value is -0.740. The number of imide groups is 1. The van der Waals surface area contributed by atoms with Crippen LogP contribution in [0.2, 0.25) is 0 Å². The fraction of sp³-hybridized carbons (Fsp3) is 0.935. The molecule has 4 heteroatoms. The molecular formula is C31H59N2O2+. The lowest BCUT2D eigenvalue weighted by Crippen LogP contribution is -2.69. The van der Waals surface area contributed by atoms with Crippen molar-refractivity contribution in [1.82, 2.24) is 5.32 Å². The van der Waals surface area contributed by atoms with Gasteiger partial charge in [0.05, 0.1) is 19.4 Å². The third kappa shape index (κ3) is 9.91. The molecule has 4 nitrogen and oxygen atoms in total. The van der Waals surface area contributed by atoms with E-state index in [4.69, 9.17) is 0 Å². The van der Waals surface area contributed by atoms with Crippen molar-refractivity contribution in [2.75, 3.05) is 6.54 Å². The molecule has 0 aromatic heterocycles. The number of carbonyl (C=O) groups excluding carboxylic acids is 2. The molecule has 2 heterocycles. The number of hydrogen-bond donors (Lipinski definition) is 1. The molecule has 2 aliphatic rings. The summed E-state index contributed by atoms with van der Waals surface area (Å²) in [5, 5.41) is 3.72. The summed E-state index contributed by atoms with van der Waals surface area (Å²) in [7, 11) is 0. The van der Waals surface area contributed by atoms with Gasteiger partial charge in [-0.25, -0.2) is 9.59 Å². The van der Waals surface area contributed by atoms with Crippen molar-refractivity contribution in [2.24, 2.45) is 0 Å². The lowest BCUT2D eigenvalue weighted by Gasteiger charge is -2.50. The molecule has 0 spiro atoms. The van der Waals surface area contributed by atoms with E-state index in [-0.39, 0.29) is 33.4 Å². The summed E-state index contributed by atoms with van der Waals surface area (Å²) in [6, 6.07) is 0.125. The van der Waals surface area contributed by atoms with Crippen molar-refractivity contribution < 1.29 is 14.1 Å². The van der Waals surface area contributed by atoms with E-state index >= 15 is 0 Å². The fourth-order valence-electron chi connectivity index (χ4n) is 7.08. The van der Waals surface area contributed by atoms with Gasteiger partial charge in [-0.3, -0.25) is 0 Å². The van der Waals surface area contributed by atoms with E-state index in [1.54, 1.807) is 0 Å². The molecule has 0 radical (unpaired) electrons. The first kappa shape index (κ1) is 30.5. The van der Waals surface area contributed by atoms with Crippen molar-refractivity contribution in [2.45, 2.75) is 180 Å². The number of piperidine rings is 1. The highest BCUT2D eigenvalue weighted by molar-refractivity contribution is 5.92. The summed E-state index contributed by atoms with van der Waals surface area (Å²) in [6.45, 7) is 11.9. The van der Waals surface area contributed by atoms with Crippen molar-refractivity contribution in [1.29, 1.82) is 0 Å². The minimum Gasteiger partial charge on any atom is -0.306 e. The SMILES string of the molecule is CCCCCCCCCCCCCCCCCC[N+]1(C2CC(C)(C)NC(C)(C)C2)C(=O)CCC1=O. The number of quaternary nitrogens is 1. The van der Waals surface area contributed by atoms with Crippen LogP contribution in [0.5, 0.6) is 0 Å². The number of amides is 2. The van der Waals surface area contributed by atoms with Gasteiger partial charge in [0.25, 0.3) is 0 Å². The molecular weight excluding hydrogens is 432 g/mol. The Labute approximate surface area is 218 Å². The maximum atomic E-state index is 13.2. The van der Waals surface area contributed by atoms with Gasteiger partial charge in [-0.2, -0.15) is 4.48 Å². The molecule has 1 N–H and O–H groups in total. The molecule has 0 aromatic carbocycles. The molecule has 0 aromatic rings. The quantitative estimate of drug-likeness (QED) is 0.119. The van der Waals surface area contributed by atoms with Crippen LogP contribution in [0.3, 0.4) is 0 Å². The lowest BCUT2D eigenvalue weighted by molar-refractivity contribution is -0.804. The normalized spacial score (nSPS) is 21.6. The van der Waals surface area contributed by atoms with Gasteiger partial charge >= 0.3 is 11.8 Å². The van der Waals surface area contributed by atoms with Crippen molar-refractivity contribution >= 4 is 11.8 Å². The monoisotopic (exact) mass is 491 g/mol. The molecule has 2 aliphatic heterocycles. The number of unbranched alkanes of at least 4 members (excludes halogenated alkanes) is 15. The molecule has 0 aliphatic carbocycles.